The lowest BCUT2D eigenvalue weighted by Crippen LogP contribution is -2.52. The van der Waals surface area contributed by atoms with Gasteiger partial charge in [-0.3, -0.25) is 19.2 Å². The number of aromatic nitrogens is 1. The van der Waals surface area contributed by atoms with Crippen LogP contribution in [0, 0.1) is 0 Å². The van der Waals surface area contributed by atoms with E-state index >= 15 is 0 Å². The summed E-state index contributed by atoms with van der Waals surface area (Å²) in [6.45, 7) is 2.73. The number of ketones is 1. The zero-order valence-electron chi connectivity index (χ0n) is 17.1. The van der Waals surface area contributed by atoms with Gasteiger partial charge in [0.05, 0.1) is 16.8 Å². The van der Waals surface area contributed by atoms with Crippen LogP contribution in [0.3, 0.4) is 0 Å². The highest BCUT2D eigenvalue weighted by molar-refractivity contribution is 6.45. The molecule has 3 amide bonds. The normalized spacial score (nSPS) is 13.8. The summed E-state index contributed by atoms with van der Waals surface area (Å²) >= 11 is 0. The number of hydrogen-bond donors (Lipinski definition) is 2. The molecule has 8 nitrogen and oxygen atoms in total. The minimum absolute atomic E-state index is 0.0823. The van der Waals surface area contributed by atoms with Crippen molar-refractivity contribution in [3.05, 3.63) is 65.9 Å². The monoisotopic (exact) mass is 418 g/mol. The molecule has 0 spiro atoms. The topological polar surface area (TPSA) is 103 Å². The van der Waals surface area contributed by atoms with Crippen LogP contribution in [0.1, 0.15) is 27.6 Å². The fraction of sp³-hybridized carbons (Fsp3) is 0.217. The van der Waals surface area contributed by atoms with E-state index in [0.29, 0.717) is 48.3 Å². The molecule has 2 aromatic carbocycles. The summed E-state index contributed by atoms with van der Waals surface area (Å²) in [4.78, 5) is 55.9. The Morgan fingerprint density at radius 1 is 0.871 bits per heavy atom. The van der Waals surface area contributed by atoms with Crippen LogP contribution in [-0.2, 0) is 9.59 Å². The van der Waals surface area contributed by atoms with Crippen LogP contribution in [0.4, 0.5) is 5.69 Å². The number of nitrogens with zero attached hydrogens (tertiary/aromatic N) is 2. The quantitative estimate of drug-likeness (QED) is 0.501. The first-order valence-electron chi connectivity index (χ1n) is 10.0. The Morgan fingerprint density at radius 2 is 1.55 bits per heavy atom. The number of fused-ring (bicyclic) bond motifs is 1. The fourth-order valence-corrected chi connectivity index (χ4v) is 3.77. The van der Waals surface area contributed by atoms with Gasteiger partial charge in [0.2, 0.25) is 5.91 Å². The number of para-hydroxylation sites is 1. The molecule has 0 aliphatic carbocycles. The summed E-state index contributed by atoms with van der Waals surface area (Å²) in [5.41, 5.74) is 2.00. The van der Waals surface area contributed by atoms with Gasteiger partial charge >= 0.3 is 0 Å². The molecule has 0 atom stereocenters. The van der Waals surface area contributed by atoms with Gasteiger partial charge in [-0.05, 0) is 18.2 Å². The van der Waals surface area contributed by atoms with Crippen molar-refractivity contribution in [1.82, 2.24) is 14.8 Å². The average Bonchev–Trinajstić information content (AvgIpc) is 3.23. The minimum atomic E-state index is -0.617. The predicted molar refractivity (Wildman–Crippen MR) is 116 cm³/mol. The summed E-state index contributed by atoms with van der Waals surface area (Å²) in [5, 5.41) is 3.28. The summed E-state index contributed by atoms with van der Waals surface area (Å²) in [7, 11) is 0. The molecule has 1 aromatic heterocycles. The van der Waals surface area contributed by atoms with Crippen molar-refractivity contribution in [2.24, 2.45) is 0 Å². The van der Waals surface area contributed by atoms with Gasteiger partial charge in [-0.1, -0.05) is 30.3 Å². The molecule has 0 radical (unpaired) electrons. The van der Waals surface area contributed by atoms with E-state index in [0.717, 1.165) is 0 Å². The average molecular weight is 418 g/mol. The second-order valence-electron chi connectivity index (χ2n) is 7.39. The van der Waals surface area contributed by atoms with Crippen molar-refractivity contribution in [2.75, 3.05) is 31.5 Å². The Bertz CT molecular complexity index is 1160. The van der Waals surface area contributed by atoms with Crippen molar-refractivity contribution in [2.45, 2.75) is 6.92 Å². The molecule has 8 heteroatoms. The Balaban J connectivity index is 1.45. The molecule has 1 aliphatic heterocycles. The highest BCUT2D eigenvalue weighted by Crippen LogP contribution is 2.26. The number of aromatic amines is 1. The van der Waals surface area contributed by atoms with Gasteiger partial charge in [0.15, 0.2) is 0 Å². The number of anilines is 1. The third-order valence-electron chi connectivity index (χ3n) is 5.34. The fourth-order valence-electron chi connectivity index (χ4n) is 3.77. The number of carbonyl (C=O) groups is 4. The van der Waals surface area contributed by atoms with Gasteiger partial charge in [0, 0.05) is 50.2 Å². The zero-order valence-corrected chi connectivity index (χ0v) is 17.1. The lowest BCUT2D eigenvalue weighted by atomic mass is 10.1. The molecule has 0 bridgehead atoms. The van der Waals surface area contributed by atoms with Gasteiger partial charge < -0.3 is 20.1 Å². The standard InChI is InChI=1S/C23H22N4O4/c1-15(28)25-19-9-5-8-17-18(14-24-20(17)19)21(29)23(31)27-12-10-26(11-13-27)22(30)16-6-3-2-4-7-16/h2-9,14,24H,10-13H2,1H3,(H,25,28). The SMILES string of the molecule is CC(=O)Nc1cccc2c(C(=O)C(=O)N3CCN(C(=O)c4ccccc4)CC3)c[nH]c12. The molecule has 31 heavy (non-hydrogen) atoms. The molecular formula is C23H22N4O4. The Labute approximate surface area is 178 Å². The maximum atomic E-state index is 12.9. The summed E-state index contributed by atoms with van der Waals surface area (Å²) < 4.78 is 0. The summed E-state index contributed by atoms with van der Waals surface area (Å²) in [6.07, 6.45) is 1.49. The number of H-pyrrole nitrogens is 1. The van der Waals surface area contributed by atoms with Gasteiger partial charge in [-0.25, -0.2) is 0 Å². The Morgan fingerprint density at radius 3 is 2.23 bits per heavy atom. The number of Topliss-reactive ketones (excluding diaryl/α,β-unsaturated/α-hetero) is 1. The van der Waals surface area contributed by atoms with Crippen LogP contribution < -0.4 is 5.32 Å². The van der Waals surface area contributed by atoms with Crippen LogP contribution in [0.25, 0.3) is 10.9 Å². The molecule has 158 valence electrons. The maximum absolute atomic E-state index is 12.9. The van der Waals surface area contributed by atoms with E-state index in [1.54, 1.807) is 35.2 Å². The maximum Gasteiger partial charge on any atom is 0.295 e. The molecule has 2 heterocycles. The lowest BCUT2D eigenvalue weighted by Gasteiger charge is -2.34. The van der Waals surface area contributed by atoms with E-state index < -0.39 is 11.7 Å². The number of piperazine rings is 1. The smallest absolute Gasteiger partial charge is 0.295 e. The van der Waals surface area contributed by atoms with Crippen LogP contribution in [0.2, 0.25) is 0 Å². The van der Waals surface area contributed by atoms with E-state index in [-0.39, 0.29) is 17.4 Å². The first-order valence-corrected chi connectivity index (χ1v) is 10.0. The van der Waals surface area contributed by atoms with Gasteiger partial charge in [-0.15, -0.1) is 0 Å². The van der Waals surface area contributed by atoms with E-state index in [2.05, 4.69) is 10.3 Å². The summed E-state index contributed by atoms with van der Waals surface area (Å²) in [6, 6.07) is 14.2. The minimum Gasteiger partial charge on any atom is -0.359 e. The first kappa shape index (κ1) is 20.3. The number of carbonyl (C=O) groups excluding carboxylic acids is 4. The molecular weight excluding hydrogens is 396 g/mol. The number of nitrogens with one attached hydrogen (secondary N) is 2. The van der Waals surface area contributed by atoms with Crippen LogP contribution in [-0.4, -0.2) is 64.5 Å². The molecule has 0 unspecified atom stereocenters. The molecule has 0 saturated carbocycles. The van der Waals surface area contributed by atoms with Crippen LogP contribution in [0.15, 0.2) is 54.7 Å². The highest BCUT2D eigenvalue weighted by Gasteiger charge is 2.30. The third kappa shape index (κ3) is 4.05. The van der Waals surface area contributed by atoms with Gasteiger partial charge in [0.1, 0.15) is 0 Å². The van der Waals surface area contributed by atoms with E-state index in [1.807, 2.05) is 18.2 Å². The van der Waals surface area contributed by atoms with Gasteiger partial charge in [0.25, 0.3) is 17.6 Å². The number of benzene rings is 2. The second kappa shape index (κ2) is 8.43. The highest BCUT2D eigenvalue weighted by atomic mass is 16.2. The van der Waals surface area contributed by atoms with Crippen LogP contribution >= 0.6 is 0 Å². The van der Waals surface area contributed by atoms with E-state index in [4.69, 9.17) is 0 Å². The van der Waals surface area contributed by atoms with Crippen molar-refractivity contribution in [3.63, 3.8) is 0 Å². The number of amides is 3. The number of hydrogen-bond acceptors (Lipinski definition) is 4. The van der Waals surface area contributed by atoms with Crippen molar-refractivity contribution >= 4 is 40.1 Å². The summed E-state index contributed by atoms with van der Waals surface area (Å²) in [5.74, 6) is -1.53. The molecule has 4 rings (SSSR count). The molecule has 1 aliphatic rings. The largest absolute Gasteiger partial charge is 0.359 e. The Kier molecular flexibility index (Phi) is 5.53. The van der Waals surface area contributed by atoms with Crippen molar-refractivity contribution < 1.29 is 19.2 Å². The molecule has 3 aromatic rings. The lowest BCUT2D eigenvalue weighted by molar-refractivity contribution is -0.127. The van der Waals surface area contributed by atoms with Gasteiger partial charge in [-0.2, -0.15) is 0 Å². The van der Waals surface area contributed by atoms with Crippen molar-refractivity contribution in [3.8, 4) is 0 Å². The van der Waals surface area contributed by atoms with Crippen LogP contribution in [0.5, 0.6) is 0 Å². The van der Waals surface area contributed by atoms with E-state index in [1.165, 1.54) is 18.0 Å². The zero-order chi connectivity index (χ0) is 22.0. The third-order valence-corrected chi connectivity index (χ3v) is 5.34. The second-order valence-corrected chi connectivity index (χ2v) is 7.39. The Hall–Kier alpha value is -3.94. The van der Waals surface area contributed by atoms with E-state index in [9.17, 15) is 19.2 Å². The molecule has 1 fully saturated rings. The molecule has 2 N–H and O–H groups in total. The first-order chi connectivity index (χ1) is 15.0. The van der Waals surface area contributed by atoms with Crippen molar-refractivity contribution in [1.29, 1.82) is 0 Å². The molecule has 1 saturated heterocycles. The number of rotatable bonds is 4. The predicted octanol–water partition coefficient (Wildman–Crippen LogP) is 2.29.